The molecule has 0 bridgehead atoms. The van der Waals surface area contributed by atoms with E-state index >= 15 is 0 Å². The quantitative estimate of drug-likeness (QED) is 0.131. The monoisotopic (exact) mass is 648 g/mol. The Morgan fingerprint density at radius 3 is 1.67 bits per heavy atom. The molecule has 0 unspecified atom stereocenters. The second-order valence-corrected chi connectivity index (χ2v) is 16.6. The van der Waals surface area contributed by atoms with Crippen molar-refractivity contribution in [2.75, 3.05) is 5.07 Å². The van der Waals surface area contributed by atoms with E-state index < -0.39 is 13.0 Å². The Labute approximate surface area is 249 Å². The van der Waals surface area contributed by atoms with Crippen molar-refractivity contribution in [2.45, 2.75) is 12.5 Å². The summed E-state index contributed by atoms with van der Waals surface area (Å²) in [6.07, 6.45) is -4.22. The van der Waals surface area contributed by atoms with Crippen LogP contribution in [0.3, 0.4) is 0 Å². The first-order chi connectivity index (χ1) is 20.3. The molecule has 0 N–H and O–H groups in total. The van der Waals surface area contributed by atoms with Crippen molar-refractivity contribution in [3.05, 3.63) is 133 Å². The van der Waals surface area contributed by atoms with Crippen LogP contribution in [-0.2, 0) is 6.16 Å². The number of benzene rings is 4. The second-order valence-electron chi connectivity index (χ2n) is 9.97. The molecule has 0 fully saturated rings. The van der Waals surface area contributed by atoms with E-state index in [9.17, 15) is 13.2 Å². The molecule has 0 saturated heterocycles. The zero-order valence-corrected chi connectivity index (χ0v) is 24.7. The van der Waals surface area contributed by atoms with E-state index in [0.717, 1.165) is 0 Å². The van der Waals surface area contributed by atoms with Gasteiger partial charge in [-0.25, -0.2) is 0 Å². The fourth-order valence-corrected chi connectivity index (χ4v) is 14.1. The summed E-state index contributed by atoms with van der Waals surface area (Å²) in [6.45, 7) is -3.29. The van der Waals surface area contributed by atoms with Gasteiger partial charge < -0.3 is 0 Å². The molecule has 6 rings (SSSR count). The standard InChI is InChI=1S/C32H25BrF3N4OP/c33-23-42(26-10-4-1-5-11-26,27-12-6-2-7-13-27,28-14-8-3-9-15-28)22-31-38-37-30-21-20-29(39-40(30)31)24-16-18-25(19-17-24)41-32(34,35)36/h1-21H,22-23H2. The Balaban J connectivity index is 1.54. The summed E-state index contributed by atoms with van der Waals surface area (Å²) in [6, 6.07) is 40.8. The molecule has 0 radical (unpaired) electrons. The Kier molecular flexibility index (Phi) is 7.33. The van der Waals surface area contributed by atoms with Gasteiger partial charge in [-0.05, 0) is 0 Å². The topological polar surface area (TPSA) is 52.3 Å². The number of fused-ring (bicyclic) bond motifs is 1. The third-order valence-corrected chi connectivity index (χ3v) is 17.1. The number of halogens is 4. The first kappa shape index (κ1) is 28.1. The number of rotatable bonds is 8. The molecule has 0 aliphatic rings. The number of hydrogen-bond acceptors (Lipinski definition) is 4. The molecule has 4 aromatic carbocycles. The molecule has 0 atom stereocenters. The van der Waals surface area contributed by atoms with Crippen LogP contribution in [0.4, 0.5) is 13.2 Å². The van der Waals surface area contributed by atoms with E-state index in [2.05, 4.69) is 104 Å². The Bertz CT molecular complexity index is 1720. The molecule has 0 aliphatic carbocycles. The fraction of sp³-hybridized carbons (Fsp3) is 0.0938. The van der Waals surface area contributed by atoms with Crippen molar-refractivity contribution >= 4 is 44.1 Å². The fourth-order valence-electron chi connectivity index (χ4n) is 5.56. The van der Waals surface area contributed by atoms with Gasteiger partial charge in [0.05, 0.1) is 0 Å². The summed E-state index contributed by atoms with van der Waals surface area (Å²) in [5.74, 6) is 0.387. The van der Waals surface area contributed by atoms with Gasteiger partial charge in [-0.15, -0.1) is 0 Å². The van der Waals surface area contributed by atoms with Crippen LogP contribution in [0, 0.1) is 0 Å². The number of nitrogens with zero attached hydrogens (tertiary/aromatic N) is 4. The predicted molar refractivity (Wildman–Crippen MR) is 166 cm³/mol. The van der Waals surface area contributed by atoms with Gasteiger partial charge in [0.1, 0.15) is 0 Å². The summed E-state index contributed by atoms with van der Waals surface area (Å²) in [5.41, 5.74) is 1.78. The van der Waals surface area contributed by atoms with Crippen LogP contribution >= 0.6 is 22.5 Å². The van der Waals surface area contributed by atoms with Crippen LogP contribution in [0.15, 0.2) is 127 Å². The zero-order valence-electron chi connectivity index (χ0n) is 22.2. The van der Waals surface area contributed by atoms with Gasteiger partial charge in [-0.3, -0.25) is 0 Å². The average molecular weight is 649 g/mol. The molecule has 2 heterocycles. The van der Waals surface area contributed by atoms with Gasteiger partial charge in [0.2, 0.25) is 0 Å². The van der Waals surface area contributed by atoms with Crippen LogP contribution in [0.25, 0.3) is 16.9 Å². The molecule has 0 saturated carbocycles. The van der Waals surface area contributed by atoms with E-state index in [-0.39, 0.29) is 5.75 Å². The summed E-state index contributed by atoms with van der Waals surface area (Å²) in [4.78, 5) is 0. The van der Waals surface area contributed by atoms with Crippen LogP contribution in [0.2, 0.25) is 0 Å². The molecule has 2 aromatic heterocycles. The van der Waals surface area contributed by atoms with Crippen LogP contribution in [0.1, 0.15) is 5.82 Å². The SMILES string of the molecule is FC(F)(F)Oc1ccc(-c2ccc3nnc(CP(CBr)(c4ccccc4)(c4ccccc4)c4ccccc4)n3n2)cc1. The molecule has 0 aliphatic heterocycles. The minimum atomic E-state index is -4.76. The number of ether oxygens (including phenoxy) is 1. The maximum atomic E-state index is 12.7. The Morgan fingerprint density at radius 1 is 0.667 bits per heavy atom. The van der Waals surface area contributed by atoms with E-state index in [0.29, 0.717) is 34.0 Å². The molecular formula is C32H25BrF3N4OP. The van der Waals surface area contributed by atoms with E-state index in [1.165, 1.54) is 28.0 Å². The Hall–Kier alpha value is -4.07. The van der Waals surface area contributed by atoms with Crippen molar-refractivity contribution < 1.29 is 17.9 Å². The molecule has 0 spiro atoms. The normalized spacial score (nSPS) is 13.0. The van der Waals surface area contributed by atoms with Crippen molar-refractivity contribution in [3.8, 4) is 17.0 Å². The van der Waals surface area contributed by atoms with Crippen molar-refractivity contribution in [2.24, 2.45) is 0 Å². The van der Waals surface area contributed by atoms with Crippen LogP contribution in [0.5, 0.6) is 5.75 Å². The molecule has 212 valence electrons. The van der Waals surface area contributed by atoms with Crippen molar-refractivity contribution in [1.29, 1.82) is 0 Å². The van der Waals surface area contributed by atoms with E-state index in [4.69, 9.17) is 5.10 Å². The number of hydrogen-bond donors (Lipinski definition) is 0. The van der Waals surface area contributed by atoms with Gasteiger partial charge >= 0.3 is 250 Å². The third kappa shape index (κ3) is 4.86. The van der Waals surface area contributed by atoms with Gasteiger partial charge in [0, 0.05) is 0 Å². The predicted octanol–water partition coefficient (Wildman–Crippen LogP) is 7.07. The molecule has 0 amide bonds. The zero-order chi connectivity index (χ0) is 29.2. The first-order valence-corrected chi connectivity index (χ1v) is 16.9. The number of alkyl halides is 4. The summed E-state index contributed by atoms with van der Waals surface area (Å²) < 4.78 is 43.8. The van der Waals surface area contributed by atoms with Crippen molar-refractivity contribution in [1.82, 2.24) is 19.8 Å². The van der Waals surface area contributed by atoms with Gasteiger partial charge in [0.15, 0.2) is 0 Å². The summed E-state index contributed by atoms with van der Waals surface area (Å²) in [5, 5.41) is 18.2. The average Bonchev–Trinajstić information content (AvgIpc) is 3.42. The van der Waals surface area contributed by atoms with Crippen molar-refractivity contribution in [3.63, 3.8) is 0 Å². The van der Waals surface area contributed by atoms with Crippen LogP contribution < -0.4 is 20.7 Å². The van der Waals surface area contributed by atoms with Gasteiger partial charge in [0.25, 0.3) is 0 Å². The minimum absolute atomic E-state index is 0.291. The Morgan fingerprint density at radius 2 is 1.19 bits per heavy atom. The molecule has 5 nitrogen and oxygen atoms in total. The second kappa shape index (κ2) is 11.0. The number of aromatic nitrogens is 4. The first-order valence-electron chi connectivity index (χ1n) is 13.1. The third-order valence-electron chi connectivity index (χ3n) is 7.60. The summed E-state index contributed by atoms with van der Waals surface area (Å²) in [7, 11) is 0. The van der Waals surface area contributed by atoms with Gasteiger partial charge in [-0.1, -0.05) is 0 Å². The maximum absolute atomic E-state index is 12.7. The summed E-state index contributed by atoms with van der Waals surface area (Å²) >= 11 is 4.02. The molecule has 42 heavy (non-hydrogen) atoms. The van der Waals surface area contributed by atoms with Gasteiger partial charge in [-0.2, -0.15) is 0 Å². The molecule has 10 heteroatoms. The molecular weight excluding hydrogens is 624 g/mol. The molecule has 6 aromatic rings. The van der Waals surface area contributed by atoms with E-state index in [1.54, 1.807) is 22.7 Å². The van der Waals surface area contributed by atoms with Crippen LogP contribution in [-0.4, -0.2) is 31.2 Å². The van der Waals surface area contributed by atoms with E-state index in [1.807, 2.05) is 24.3 Å².